The summed E-state index contributed by atoms with van der Waals surface area (Å²) in [4.78, 5) is 25.5. The predicted molar refractivity (Wildman–Crippen MR) is 117 cm³/mol. The number of fused-ring (bicyclic) bond motifs is 1. The molecule has 0 bridgehead atoms. The van der Waals surface area contributed by atoms with E-state index in [1.165, 1.54) is 16.3 Å². The Morgan fingerprint density at radius 1 is 1.07 bits per heavy atom. The number of aryl methyl sites for hydroxylation is 2. The molecule has 6 nitrogen and oxygen atoms in total. The van der Waals surface area contributed by atoms with Crippen LogP contribution in [-0.2, 0) is 0 Å². The van der Waals surface area contributed by atoms with Crippen molar-refractivity contribution < 1.29 is 4.79 Å². The van der Waals surface area contributed by atoms with E-state index < -0.39 is 0 Å². The van der Waals surface area contributed by atoms with E-state index in [1.54, 1.807) is 16.8 Å². The second-order valence-electron chi connectivity index (χ2n) is 6.66. The number of carbonyl (C=O) groups excluding carboxylic acids is 1. The molecule has 0 radical (unpaired) electrons. The summed E-state index contributed by atoms with van der Waals surface area (Å²) in [6.07, 6.45) is 3.42. The van der Waals surface area contributed by atoms with Gasteiger partial charge in [-0.05, 0) is 49.7 Å². The number of carbonyl (C=O) groups is 1. The molecule has 0 atom stereocenters. The zero-order valence-corrected chi connectivity index (χ0v) is 18.2. The van der Waals surface area contributed by atoms with Crippen molar-refractivity contribution in [3.8, 4) is 5.69 Å². The molecule has 0 N–H and O–H groups in total. The average Bonchev–Trinajstić information content (AvgIpc) is 3.13. The van der Waals surface area contributed by atoms with Crippen LogP contribution < -0.4 is 5.56 Å². The third kappa shape index (κ3) is 3.90. The Labute approximate surface area is 179 Å². The first-order valence-electron chi connectivity index (χ1n) is 8.89. The number of halogens is 1. The number of thioether (sulfide) groups is 1. The van der Waals surface area contributed by atoms with Crippen molar-refractivity contribution in [3.63, 3.8) is 0 Å². The second kappa shape index (κ2) is 7.96. The summed E-state index contributed by atoms with van der Waals surface area (Å²) in [5, 5.41) is 8.67. The third-order valence-corrected chi connectivity index (χ3v) is 6.04. The maximum atomic E-state index is 12.8. The molecule has 4 rings (SSSR count). The van der Waals surface area contributed by atoms with Crippen LogP contribution in [-0.4, -0.2) is 30.7 Å². The molecule has 0 unspecified atom stereocenters. The molecular weight excluding hydrogens is 452 g/mol. The first kappa shape index (κ1) is 19.6. The van der Waals surface area contributed by atoms with Crippen LogP contribution in [0.3, 0.4) is 0 Å². The van der Waals surface area contributed by atoms with Gasteiger partial charge in [-0.25, -0.2) is 0 Å². The van der Waals surface area contributed by atoms with Crippen molar-refractivity contribution >= 4 is 39.1 Å². The maximum Gasteiger partial charge on any atom is 0.300 e. The average molecular weight is 469 g/mol. The predicted octanol–water partition coefficient (Wildman–Crippen LogP) is 4.23. The first-order chi connectivity index (χ1) is 13.9. The van der Waals surface area contributed by atoms with Crippen LogP contribution in [0.1, 0.15) is 21.5 Å². The minimum Gasteiger partial charge on any atom is -0.293 e. The third-order valence-electron chi connectivity index (χ3n) is 4.57. The summed E-state index contributed by atoms with van der Waals surface area (Å²) in [5.74, 6) is 0.247. The van der Waals surface area contributed by atoms with Crippen molar-refractivity contribution in [1.29, 1.82) is 0 Å². The summed E-state index contributed by atoms with van der Waals surface area (Å²) < 4.78 is 4.08. The molecule has 4 aromatic rings. The van der Waals surface area contributed by atoms with E-state index >= 15 is 0 Å². The molecule has 0 saturated heterocycles. The fraction of sp³-hybridized carbons (Fsp3) is 0.143. The number of hydrogen-bond acceptors (Lipinski definition) is 5. The number of ketones is 1. The molecule has 0 fully saturated rings. The standard InChI is InChI=1S/C21H17BrN4O2S/c1-13-3-4-14(2)17(11-13)18(27)12-29-21-24-23-19-20(28)25(9-10-26(19)21)16-7-5-15(22)6-8-16/h3-11H,12H2,1-2H3. The largest absolute Gasteiger partial charge is 0.300 e. The minimum atomic E-state index is -0.268. The van der Waals surface area contributed by atoms with Gasteiger partial charge >= 0.3 is 5.56 Å². The molecule has 0 aliphatic carbocycles. The highest BCUT2D eigenvalue weighted by Gasteiger charge is 2.15. The maximum absolute atomic E-state index is 12.8. The summed E-state index contributed by atoms with van der Waals surface area (Å²) in [7, 11) is 0. The van der Waals surface area contributed by atoms with Gasteiger partial charge in [0.15, 0.2) is 10.9 Å². The van der Waals surface area contributed by atoms with E-state index in [0.29, 0.717) is 10.7 Å². The SMILES string of the molecule is Cc1ccc(C)c(C(=O)CSc2nnc3c(=O)n(-c4ccc(Br)cc4)ccn23)c1. The van der Waals surface area contributed by atoms with Crippen LogP contribution in [0.25, 0.3) is 11.3 Å². The fourth-order valence-corrected chi connectivity index (χ4v) is 4.08. The molecule has 29 heavy (non-hydrogen) atoms. The Kier molecular flexibility index (Phi) is 5.38. The van der Waals surface area contributed by atoms with Crippen molar-refractivity contribution in [3.05, 3.63) is 86.4 Å². The lowest BCUT2D eigenvalue weighted by molar-refractivity contribution is 0.102. The molecule has 0 spiro atoms. The molecule has 0 aliphatic heterocycles. The van der Waals surface area contributed by atoms with Gasteiger partial charge in [-0.1, -0.05) is 45.4 Å². The highest BCUT2D eigenvalue weighted by atomic mass is 79.9. The highest BCUT2D eigenvalue weighted by Crippen LogP contribution is 2.20. The molecule has 0 amide bonds. The van der Waals surface area contributed by atoms with Crippen molar-refractivity contribution in [1.82, 2.24) is 19.2 Å². The number of rotatable bonds is 5. The van der Waals surface area contributed by atoms with Gasteiger partial charge in [0.05, 0.1) is 5.75 Å². The smallest absolute Gasteiger partial charge is 0.293 e. The highest BCUT2D eigenvalue weighted by molar-refractivity contribution is 9.10. The molecule has 2 heterocycles. The molecule has 2 aromatic carbocycles. The number of hydrogen-bond donors (Lipinski definition) is 0. The molecule has 146 valence electrons. The molecular formula is C21H17BrN4O2S. The Morgan fingerprint density at radius 3 is 2.59 bits per heavy atom. The van der Waals surface area contributed by atoms with E-state index in [2.05, 4.69) is 26.1 Å². The lowest BCUT2D eigenvalue weighted by Gasteiger charge is -2.07. The van der Waals surface area contributed by atoms with E-state index in [9.17, 15) is 9.59 Å². The molecule has 0 saturated carbocycles. The van der Waals surface area contributed by atoms with Crippen LogP contribution in [0.5, 0.6) is 0 Å². The van der Waals surface area contributed by atoms with Crippen LogP contribution in [0.2, 0.25) is 0 Å². The first-order valence-corrected chi connectivity index (χ1v) is 10.7. The Bertz CT molecular complexity index is 1280. The van der Waals surface area contributed by atoms with Crippen LogP contribution >= 0.6 is 27.7 Å². The normalized spacial score (nSPS) is 11.1. The van der Waals surface area contributed by atoms with Crippen LogP contribution in [0, 0.1) is 13.8 Å². The summed E-state index contributed by atoms with van der Waals surface area (Å²) in [5.41, 5.74) is 3.40. The van der Waals surface area contributed by atoms with Gasteiger partial charge in [-0.2, -0.15) is 0 Å². The van der Waals surface area contributed by atoms with E-state index in [1.807, 2.05) is 56.3 Å². The monoisotopic (exact) mass is 468 g/mol. The Balaban J connectivity index is 1.60. The molecule has 8 heteroatoms. The number of nitrogens with zero attached hydrogens (tertiary/aromatic N) is 4. The molecule has 0 aliphatic rings. The lowest BCUT2D eigenvalue weighted by atomic mass is 10.0. The second-order valence-corrected chi connectivity index (χ2v) is 8.51. The van der Waals surface area contributed by atoms with Crippen LogP contribution in [0.4, 0.5) is 0 Å². The quantitative estimate of drug-likeness (QED) is 0.323. The van der Waals surface area contributed by atoms with Crippen molar-refractivity contribution in [2.75, 3.05) is 5.75 Å². The van der Waals surface area contributed by atoms with E-state index in [0.717, 1.165) is 21.3 Å². The number of aromatic nitrogens is 4. The fourth-order valence-electron chi connectivity index (χ4n) is 3.01. The van der Waals surface area contributed by atoms with Crippen molar-refractivity contribution in [2.24, 2.45) is 0 Å². The minimum absolute atomic E-state index is 0.0242. The number of Topliss-reactive ketones (excluding diaryl/α,β-unsaturated/α-hetero) is 1. The van der Waals surface area contributed by atoms with Gasteiger partial charge in [0, 0.05) is 28.1 Å². The zero-order valence-electron chi connectivity index (χ0n) is 15.8. The number of benzene rings is 2. The van der Waals surface area contributed by atoms with Gasteiger partial charge in [0.25, 0.3) is 0 Å². The Morgan fingerprint density at radius 2 is 1.83 bits per heavy atom. The Hall–Kier alpha value is -2.71. The zero-order chi connectivity index (χ0) is 20.5. The van der Waals surface area contributed by atoms with Crippen molar-refractivity contribution in [2.45, 2.75) is 19.0 Å². The molecule has 2 aromatic heterocycles. The summed E-state index contributed by atoms with van der Waals surface area (Å²) >= 11 is 4.66. The van der Waals surface area contributed by atoms with Gasteiger partial charge in [-0.15, -0.1) is 10.2 Å². The van der Waals surface area contributed by atoms with E-state index in [-0.39, 0.29) is 22.7 Å². The van der Waals surface area contributed by atoms with Gasteiger partial charge in [0.2, 0.25) is 5.65 Å². The van der Waals surface area contributed by atoms with Crippen LogP contribution in [0.15, 0.2) is 69.3 Å². The summed E-state index contributed by atoms with van der Waals surface area (Å²) in [6, 6.07) is 13.3. The summed E-state index contributed by atoms with van der Waals surface area (Å²) in [6.45, 7) is 3.89. The van der Waals surface area contributed by atoms with Gasteiger partial charge in [-0.3, -0.25) is 18.6 Å². The van der Waals surface area contributed by atoms with Gasteiger partial charge < -0.3 is 0 Å². The van der Waals surface area contributed by atoms with E-state index in [4.69, 9.17) is 0 Å². The lowest BCUT2D eigenvalue weighted by Crippen LogP contribution is -2.20. The topological polar surface area (TPSA) is 69.3 Å². The van der Waals surface area contributed by atoms with Gasteiger partial charge in [0.1, 0.15) is 0 Å².